The summed E-state index contributed by atoms with van der Waals surface area (Å²) in [7, 11) is 1.93. The van der Waals surface area contributed by atoms with Crippen LogP contribution in [-0.4, -0.2) is 19.5 Å². The minimum Gasteiger partial charge on any atom is -0.397 e. The zero-order chi connectivity index (χ0) is 11.8. The molecule has 5 nitrogen and oxygen atoms in total. The molecule has 0 aliphatic heterocycles. The number of aromatic nitrogens is 4. The predicted octanol–water partition coefficient (Wildman–Crippen LogP) is 1.61. The molecule has 0 atom stereocenters. The summed E-state index contributed by atoms with van der Waals surface area (Å²) in [5, 5.41) is 0. The van der Waals surface area contributed by atoms with Crippen LogP contribution in [0.15, 0.2) is 36.7 Å². The fourth-order valence-electron chi connectivity index (χ4n) is 1.84. The van der Waals surface area contributed by atoms with Crippen molar-refractivity contribution in [3.63, 3.8) is 0 Å². The minimum atomic E-state index is 0.617. The maximum Gasteiger partial charge on any atom is 0.178 e. The first-order chi connectivity index (χ1) is 8.27. The molecule has 3 rings (SSSR count). The van der Waals surface area contributed by atoms with Gasteiger partial charge in [-0.05, 0) is 24.3 Å². The number of hydrogen-bond acceptors (Lipinski definition) is 4. The maximum atomic E-state index is 5.91. The third-order valence-electron chi connectivity index (χ3n) is 2.71. The van der Waals surface area contributed by atoms with Gasteiger partial charge in [0.05, 0.1) is 11.2 Å². The normalized spacial score (nSPS) is 10.9. The van der Waals surface area contributed by atoms with E-state index in [1.54, 1.807) is 18.5 Å². The summed E-state index contributed by atoms with van der Waals surface area (Å²) in [4.78, 5) is 12.9. The third-order valence-corrected chi connectivity index (χ3v) is 2.71. The first-order valence-electron chi connectivity index (χ1n) is 5.25. The number of anilines is 1. The summed E-state index contributed by atoms with van der Waals surface area (Å²) in [5.74, 6) is 0.733. The van der Waals surface area contributed by atoms with Crippen molar-refractivity contribution in [2.45, 2.75) is 0 Å². The molecule has 2 N–H and O–H groups in total. The third kappa shape index (κ3) is 1.44. The standard InChI is InChI=1S/C12H11N5/c1-17-9-5-3-7-15-11(9)16-12(17)10-8(13)4-2-6-14-10/h2-7H,13H2,1H3. The van der Waals surface area contributed by atoms with Crippen molar-refractivity contribution in [3.05, 3.63) is 36.7 Å². The summed E-state index contributed by atoms with van der Waals surface area (Å²) < 4.78 is 1.95. The second-order valence-corrected chi connectivity index (χ2v) is 3.78. The number of fused-ring (bicyclic) bond motifs is 1. The SMILES string of the molecule is Cn1c(-c2ncccc2N)nc2ncccc21. The Balaban J connectivity index is 2.32. The molecule has 3 aromatic rings. The molecule has 3 aromatic heterocycles. The van der Waals surface area contributed by atoms with E-state index in [1.165, 1.54) is 0 Å². The molecule has 0 saturated heterocycles. The summed E-state index contributed by atoms with van der Waals surface area (Å²) in [6, 6.07) is 7.47. The highest BCUT2D eigenvalue weighted by atomic mass is 15.1. The quantitative estimate of drug-likeness (QED) is 0.683. The van der Waals surface area contributed by atoms with Gasteiger partial charge >= 0.3 is 0 Å². The van der Waals surface area contributed by atoms with E-state index < -0.39 is 0 Å². The molecule has 0 unspecified atom stereocenters. The number of hydrogen-bond donors (Lipinski definition) is 1. The van der Waals surface area contributed by atoms with Crippen LogP contribution in [0.3, 0.4) is 0 Å². The molecule has 0 spiro atoms. The van der Waals surface area contributed by atoms with Crippen LogP contribution < -0.4 is 5.73 Å². The zero-order valence-electron chi connectivity index (χ0n) is 9.33. The Labute approximate surface area is 98.0 Å². The minimum absolute atomic E-state index is 0.617. The van der Waals surface area contributed by atoms with Gasteiger partial charge in [0.15, 0.2) is 11.5 Å². The van der Waals surface area contributed by atoms with E-state index in [0.717, 1.165) is 11.3 Å². The zero-order valence-corrected chi connectivity index (χ0v) is 9.33. The molecule has 0 bridgehead atoms. The van der Waals surface area contributed by atoms with Crippen molar-refractivity contribution >= 4 is 16.9 Å². The number of nitrogens with two attached hydrogens (primary N) is 1. The van der Waals surface area contributed by atoms with Gasteiger partial charge in [0.1, 0.15) is 5.69 Å². The average Bonchev–Trinajstić information content (AvgIpc) is 2.68. The largest absolute Gasteiger partial charge is 0.397 e. The van der Waals surface area contributed by atoms with Crippen LogP contribution in [0.5, 0.6) is 0 Å². The van der Waals surface area contributed by atoms with Gasteiger partial charge in [0.2, 0.25) is 0 Å². The van der Waals surface area contributed by atoms with Crippen molar-refractivity contribution in [1.82, 2.24) is 19.5 Å². The Bertz CT molecular complexity index is 686. The van der Waals surface area contributed by atoms with Crippen LogP contribution in [0, 0.1) is 0 Å². The van der Waals surface area contributed by atoms with Crippen molar-refractivity contribution in [2.24, 2.45) is 7.05 Å². The first kappa shape index (κ1) is 9.77. The van der Waals surface area contributed by atoms with Gasteiger partial charge < -0.3 is 10.3 Å². The van der Waals surface area contributed by atoms with Crippen LogP contribution in [0.25, 0.3) is 22.7 Å². The van der Waals surface area contributed by atoms with Crippen LogP contribution in [0.1, 0.15) is 0 Å². The van der Waals surface area contributed by atoms with Crippen LogP contribution >= 0.6 is 0 Å². The van der Waals surface area contributed by atoms with Gasteiger partial charge in [-0.1, -0.05) is 0 Å². The molecule has 0 saturated carbocycles. The molecule has 0 radical (unpaired) electrons. The van der Waals surface area contributed by atoms with E-state index >= 15 is 0 Å². The molecule has 0 aliphatic carbocycles. The first-order valence-corrected chi connectivity index (χ1v) is 5.25. The Morgan fingerprint density at radius 3 is 2.65 bits per heavy atom. The van der Waals surface area contributed by atoms with Crippen molar-refractivity contribution < 1.29 is 0 Å². The molecule has 0 amide bonds. The molecule has 5 heteroatoms. The highest BCUT2D eigenvalue weighted by Gasteiger charge is 2.13. The van der Waals surface area contributed by atoms with E-state index in [2.05, 4.69) is 15.0 Å². The monoisotopic (exact) mass is 225 g/mol. The molecule has 3 heterocycles. The summed E-state index contributed by atoms with van der Waals surface area (Å²) in [5.41, 5.74) is 8.88. The predicted molar refractivity (Wildman–Crippen MR) is 66.2 cm³/mol. The molecule has 0 fully saturated rings. The molecular formula is C12H11N5. The lowest BCUT2D eigenvalue weighted by atomic mass is 10.3. The topological polar surface area (TPSA) is 69.6 Å². The number of aryl methyl sites for hydroxylation is 1. The van der Waals surface area contributed by atoms with Gasteiger partial charge in [-0.25, -0.2) is 9.97 Å². The second-order valence-electron chi connectivity index (χ2n) is 3.78. The molecule has 17 heavy (non-hydrogen) atoms. The van der Waals surface area contributed by atoms with E-state index in [1.807, 2.05) is 29.8 Å². The molecule has 84 valence electrons. The van der Waals surface area contributed by atoms with Crippen molar-refractivity contribution in [3.8, 4) is 11.5 Å². The van der Waals surface area contributed by atoms with Gasteiger partial charge in [0.25, 0.3) is 0 Å². The lowest BCUT2D eigenvalue weighted by Crippen LogP contribution is -1.98. The smallest absolute Gasteiger partial charge is 0.178 e. The highest BCUT2D eigenvalue weighted by molar-refractivity contribution is 5.79. The van der Waals surface area contributed by atoms with E-state index in [9.17, 15) is 0 Å². The number of imidazole rings is 1. The van der Waals surface area contributed by atoms with E-state index in [0.29, 0.717) is 17.0 Å². The summed E-state index contributed by atoms with van der Waals surface area (Å²) in [6.45, 7) is 0. The Morgan fingerprint density at radius 2 is 1.88 bits per heavy atom. The fourth-order valence-corrected chi connectivity index (χ4v) is 1.84. The number of rotatable bonds is 1. The number of nitrogens with zero attached hydrogens (tertiary/aromatic N) is 4. The van der Waals surface area contributed by atoms with Crippen molar-refractivity contribution in [1.29, 1.82) is 0 Å². The van der Waals surface area contributed by atoms with Crippen molar-refractivity contribution in [2.75, 3.05) is 5.73 Å². The van der Waals surface area contributed by atoms with E-state index in [-0.39, 0.29) is 0 Å². The van der Waals surface area contributed by atoms with Crippen LogP contribution in [0.2, 0.25) is 0 Å². The van der Waals surface area contributed by atoms with Gasteiger partial charge in [-0.2, -0.15) is 0 Å². The molecular weight excluding hydrogens is 214 g/mol. The van der Waals surface area contributed by atoms with Gasteiger partial charge in [-0.3, -0.25) is 4.98 Å². The lowest BCUT2D eigenvalue weighted by Gasteiger charge is -2.03. The maximum absolute atomic E-state index is 5.91. The summed E-state index contributed by atoms with van der Waals surface area (Å²) in [6.07, 6.45) is 3.43. The Hall–Kier alpha value is -2.43. The summed E-state index contributed by atoms with van der Waals surface area (Å²) >= 11 is 0. The number of nitrogen functional groups attached to an aromatic ring is 1. The average molecular weight is 225 g/mol. The second kappa shape index (κ2) is 3.55. The Morgan fingerprint density at radius 1 is 1.12 bits per heavy atom. The van der Waals surface area contributed by atoms with Crippen LogP contribution in [-0.2, 0) is 7.05 Å². The van der Waals surface area contributed by atoms with Gasteiger partial charge in [0, 0.05) is 19.4 Å². The highest BCUT2D eigenvalue weighted by Crippen LogP contribution is 2.24. The lowest BCUT2D eigenvalue weighted by molar-refractivity contribution is 0.951. The Kier molecular flexibility index (Phi) is 2.04. The molecule has 0 aliphatic rings. The number of pyridine rings is 2. The van der Waals surface area contributed by atoms with Crippen LogP contribution in [0.4, 0.5) is 5.69 Å². The fraction of sp³-hybridized carbons (Fsp3) is 0.0833. The van der Waals surface area contributed by atoms with E-state index in [4.69, 9.17) is 5.73 Å². The van der Waals surface area contributed by atoms with Gasteiger partial charge in [-0.15, -0.1) is 0 Å². The molecule has 0 aromatic carbocycles.